The number of nitrogens with zero attached hydrogens (tertiary/aromatic N) is 5. The normalized spacial score (nSPS) is 14.8. The number of hydrogen-bond acceptors (Lipinski definition) is 6. The monoisotopic (exact) mass is 433 g/mol. The van der Waals surface area contributed by atoms with Crippen LogP contribution in [-0.2, 0) is 0 Å². The number of ether oxygens (including phenoxy) is 1. The van der Waals surface area contributed by atoms with Gasteiger partial charge < -0.3 is 9.72 Å². The minimum Gasteiger partial charge on any atom is -0.494 e. The maximum absolute atomic E-state index is 13.6. The van der Waals surface area contributed by atoms with Gasteiger partial charge in [0.25, 0.3) is 5.56 Å². The van der Waals surface area contributed by atoms with Gasteiger partial charge in [-0.15, -0.1) is 5.10 Å². The predicted octanol–water partition coefficient (Wildman–Crippen LogP) is 4.10. The lowest BCUT2D eigenvalue weighted by molar-refractivity contribution is 0.309. The number of rotatable bonds is 7. The summed E-state index contributed by atoms with van der Waals surface area (Å²) in [7, 11) is 0. The minimum atomic E-state index is -0.0809. The van der Waals surface area contributed by atoms with E-state index in [9.17, 15) is 4.79 Å². The molecule has 1 fully saturated rings. The Morgan fingerprint density at radius 2 is 1.97 bits per heavy atom. The van der Waals surface area contributed by atoms with Crippen molar-refractivity contribution in [2.45, 2.75) is 57.8 Å². The molecule has 32 heavy (non-hydrogen) atoms. The Kier molecular flexibility index (Phi) is 5.70. The molecule has 0 spiro atoms. The van der Waals surface area contributed by atoms with Gasteiger partial charge in [-0.2, -0.15) is 9.61 Å². The van der Waals surface area contributed by atoms with Gasteiger partial charge in [0, 0.05) is 11.6 Å². The molecular weight excluding hydrogens is 406 g/mol. The average Bonchev–Trinajstić information content (AvgIpc) is 3.50. The van der Waals surface area contributed by atoms with Crippen molar-refractivity contribution in [3.05, 3.63) is 46.2 Å². The first kappa shape index (κ1) is 20.4. The van der Waals surface area contributed by atoms with E-state index in [0.717, 1.165) is 61.1 Å². The summed E-state index contributed by atoms with van der Waals surface area (Å²) >= 11 is 0. The van der Waals surface area contributed by atoms with E-state index in [-0.39, 0.29) is 11.5 Å². The van der Waals surface area contributed by atoms with Gasteiger partial charge in [0.2, 0.25) is 0 Å². The summed E-state index contributed by atoms with van der Waals surface area (Å²) in [5.74, 6) is 1.48. The van der Waals surface area contributed by atoms with Crippen LogP contribution in [0.4, 0.5) is 0 Å². The Morgan fingerprint density at radius 1 is 1.16 bits per heavy atom. The molecule has 1 saturated carbocycles. The van der Waals surface area contributed by atoms with E-state index < -0.39 is 0 Å². The maximum atomic E-state index is 13.6. The second kappa shape index (κ2) is 8.94. The van der Waals surface area contributed by atoms with Crippen molar-refractivity contribution in [1.29, 1.82) is 0 Å². The number of aromatic nitrogens is 7. The number of aromatic amines is 2. The summed E-state index contributed by atoms with van der Waals surface area (Å²) in [6.45, 7) is 2.85. The maximum Gasteiger partial charge on any atom is 0.278 e. The van der Waals surface area contributed by atoms with E-state index in [1.54, 1.807) is 6.07 Å². The predicted molar refractivity (Wildman–Crippen MR) is 121 cm³/mol. The highest BCUT2D eigenvalue weighted by atomic mass is 16.5. The molecule has 166 valence electrons. The molecule has 0 radical (unpaired) electrons. The second-order valence-corrected chi connectivity index (χ2v) is 8.36. The molecule has 0 unspecified atom stereocenters. The summed E-state index contributed by atoms with van der Waals surface area (Å²) in [5, 5.41) is 18.3. The van der Waals surface area contributed by atoms with Crippen molar-refractivity contribution in [1.82, 2.24) is 35.2 Å². The van der Waals surface area contributed by atoms with Gasteiger partial charge >= 0.3 is 0 Å². The molecule has 0 aliphatic heterocycles. The largest absolute Gasteiger partial charge is 0.494 e. The Balaban J connectivity index is 1.60. The third-order valence-electron chi connectivity index (χ3n) is 6.17. The van der Waals surface area contributed by atoms with Crippen molar-refractivity contribution >= 4 is 5.65 Å². The van der Waals surface area contributed by atoms with E-state index >= 15 is 0 Å². The molecular formula is C23H27N7O2. The van der Waals surface area contributed by atoms with Crippen LogP contribution in [0, 0.1) is 0 Å². The van der Waals surface area contributed by atoms with Crippen LogP contribution in [-0.4, -0.2) is 41.8 Å². The van der Waals surface area contributed by atoms with Gasteiger partial charge in [0.15, 0.2) is 5.82 Å². The van der Waals surface area contributed by atoms with Crippen molar-refractivity contribution in [2.24, 2.45) is 0 Å². The number of benzene rings is 1. The highest BCUT2D eigenvalue weighted by Crippen LogP contribution is 2.36. The number of hydrogen-bond donors (Lipinski definition) is 2. The van der Waals surface area contributed by atoms with Gasteiger partial charge in [-0.05, 0) is 65.4 Å². The molecule has 4 aromatic rings. The molecule has 0 saturated heterocycles. The molecule has 0 amide bonds. The van der Waals surface area contributed by atoms with E-state index in [1.807, 2.05) is 24.3 Å². The molecule has 2 N–H and O–H groups in total. The Hall–Kier alpha value is -3.49. The van der Waals surface area contributed by atoms with Crippen molar-refractivity contribution in [2.75, 3.05) is 6.61 Å². The summed E-state index contributed by atoms with van der Waals surface area (Å²) in [6.07, 6.45) is 7.66. The van der Waals surface area contributed by atoms with E-state index in [2.05, 4.69) is 37.6 Å². The highest BCUT2D eigenvalue weighted by Gasteiger charge is 2.25. The van der Waals surface area contributed by atoms with Crippen molar-refractivity contribution in [3.8, 4) is 28.5 Å². The number of fused-ring (bicyclic) bond motifs is 1. The smallest absolute Gasteiger partial charge is 0.278 e. The topological polar surface area (TPSA) is 114 Å². The molecule has 3 heterocycles. The lowest BCUT2D eigenvalue weighted by Gasteiger charge is -2.23. The number of nitrogens with one attached hydrogen (secondary N) is 2. The summed E-state index contributed by atoms with van der Waals surface area (Å²) in [4.78, 5) is 17.1. The summed E-state index contributed by atoms with van der Waals surface area (Å²) in [6, 6.07) is 9.78. The van der Waals surface area contributed by atoms with Gasteiger partial charge in [-0.1, -0.05) is 32.6 Å². The first-order chi connectivity index (χ1) is 15.7. The van der Waals surface area contributed by atoms with Crippen molar-refractivity contribution < 1.29 is 4.74 Å². The zero-order valence-electron chi connectivity index (χ0n) is 18.2. The Morgan fingerprint density at radius 3 is 2.69 bits per heavy atom. The SMILES string of the molecule is CCCCOc1ccc(-c2[nH]c3cc(-c4nnn[nH]4)nn3c(=O)c2C2CCCCC2)cc1. The van der Waals surface area contributed by atoms with Crippen LogP contribution < -0.4 is 10.3 Å². The third-order valence-corrected chi connectivity index (χ3v) is 6.17. The molecule has 0 atom stereocenters. The highest BCUT2D eigenvalue weighted by molar-refractivity contribution is 5.68. The van der Waals surface area contributed by atoms with Crippen LogP contribution >= 0.6 is 0 Å². The average molecular weight is 434 g/mol. The van der Waals surface area contributed by atoms with Crippen LogP contribution in [0.2, 0.25) is 0 Å². The molecule has 1 aromatic carbocycles. The summed E-state index contributed by atoms with van der Waals surface area (Å²) < 4.78 is 7.25. The van der Waals surface area contributed by atoms with Crippen LogP contribution in [0.5, 0.6) is 5.75 Å². The molecule has 1 aliphatic carbocycles. The molecule has 3 aromatic heterocycles. The number of tetrazole rings is 1. The van der Waals surface area contributed by atoms with Crippen LogP contribution in [0.15, 0.2) is 35.1 Å². The first-order valence-corrected chi connectivity index (χ1v) is 11.4. The van der Waals surface area contributed by atoms with Crippen LogP contribution in [0.1, 0.15) is 63.4 Å². The third kappa shape index (κ3) is 3.90. The Bertz CT molecular complexity index is 1240. The van der Waals surface area contributed by atoms with Crippen LogP contribution in [0.25, 0.3) is 28.4 Å². The molecule has 1 aliphatic rings. The van der Waals surface area contributed by atoms with Crippen LogP contribution in [0.3, 0.4) is 0 Å². The fourth-order valence-corrected chi connectivity index (χ4v) is 4.47. The summed E-state index contributed by atoms with van der Waals surface area (Å²) in [5.41, 5.74) is 3.69. The molecule has 9 nitrogen and oxygen atoms in total. The Labute approximate surface area is 185 Å². The van der Waals surface area contributed by atoms with Gasteiger partial charge in [-0.3, -0.25) is 4.79 Å². The first-order valence-electron chi connectivity index (χ1n) is 11.4. The number of H-pyrrole nitrogens is 2. The lowest BCUT2D eigenvalue weighted by atomic mass is 9.83. The van der Waals surface area contributed by atoms with Gasteiger partial charge in [0.05, 0.1) is 12.3 Å². The zero-order valence-corrected chi connectivity index (χ0v) is 18.2. The van der Waals surface area contributed by atoms with E-state index in [0.29, 0.717) is 23.8 Å². The van der Waals surface area contributed by atoms with E-state index in [4.69, 9.17) is 4.74 Å². The minimum absolute atomic E-state index is 0.0809. The molecule has 5 rings (SSSR count). The fraction of sp³-hybridized carbons (Fsp3) is 0.435. The van der Waals surface area contributed by atoms with E-state index in [1.165, 1.54) is 10.9 Å². The quantitative estimate of drug-likeness (QED) is 0.424. The van der Waals surface area contributed by atoms with Gasteiger partial charge in [0.1, 0.15) is 17.1 Å². The van der Waals surface area contributed by atoms with Crippen molar-refractivity contribution in [3.63, 3.8) is 0 Å². The second-order valence-electron chi connectivity index (χ2n) is 8.36. The number of unbranched alkanes of at least 4 members (excludes halogenated alkanes) is 1. The molecule has 9 heteroatoms. The zero-order chi connectivity index (χ0) is 21.9. The lowest BCUT2D eigenvalue weighted by Crippen LogP contribution is -2.25. The molecule has 0 bridgehead atoms. The standard InChI is InChI=1S/C23H27N7O2/c1-2-3-13-32-17-11-9-16(10-12-17)21-20(15-7-5-4-6-8-15)23(31)30-19(24-21)14-18(27-30)22-25-28-29-26-22/h9-12,14-15,24H,2-8,13H2,1H3,(H,25,26,28,29). The fourth-order valence-electron chi connectivity index (χ4n) is 4.47. The van der Waals surface area contributed by atoms with Gasteiger partial charge in [-0.25, -0.2) is 5.10 Å².